The molecule has 1 saturated heterocycles. The molecule has 3 heterocycles. The maximum Gasteiger partial charge on any atom is 0.239 e. The second-order valence-electron chi connectivity index (χ2n) is 6.24. The number of fused-ring (bicyclic) bond motifs is 1. The van der Waals surface area contributed by atoms with E-state index in [0.717, 1.165) is 45.4 Å². The van der Waals surface area contributed by atoms with Gasteiger partial charge in [-0.05, 0) is 55.7 Å². The number of carbonyl (C=O) groups is 1. The highest BCUT2D eigenvalue weighted by atomic mass is 32.1. The molecule has 0 spiro atoms. The van der Waals surface area contributed by atoms with Crippen molar-refractivity contribution in [3.8, 4) is 0 Å². The van der Waals surface area contributed by atoms with Crippen molar-refractivity contribution in [2.24, 2.45) is 5.92 Å². The van der Waals surface area contributed by atoms with Crippen LogP contribution in [0.3, 0.4) is 0 Å². The smallest absolute Gasteiger partial charge is 0.239 e. The van der Waals surface area contributed by atoms with Gasteiger partial charge in [-0.1, -0.05) is 0 Å². The summed E-state index contributed by atoms with van der Waals surface area (Å²) in [6.45, 7) is 5.68. The third-order valence-corrected chi connectivity index (χ3v) is 5.86. The van der Waals surface area contributed by atoms with E-state index in [4.69, 9.17) is 0 Å². The average molecular weight is 308 g/mol. The lowest BCUT2D eigenvalue weighted by Crippen LogP contribution is -2.51. The molecule has 2 atom stereocenters. The molecule has 3 rings (SSSR count). The zero-order valence-electron chi connectivity index (χ0n) is 12.6. The van der Waals surface area contributed by atoms with Gasteiger partial charge in [0, 0.05) is 31.1 Å². The van der Waals surface area contributed by atoms with Crippen LogP contribution >= 0.6 is 11.3 Å². The average Bonchev–Trinajstić information content (AvgIpc) is 3.01. The molecule has 21 heavy (non-hydrogen) atoms. The van der Waals surface area contributed by atoms with Gasteiger partial charge in [-0.3, -0.25) is 9.69 Å². The first-order valence-electron chi connectivity index (χ1n) is 7.88. The molecule has 4 nitrogen and oxygen atoms in total. The number of thiophene rings is 1. The van der Waals surface area contributed by atoms with Crippen molar-refractivity contribution in [1.29, 1.82) is 0 Å². The number of nitrogens with zero attached hydrogens (tertiary/aromatic N) is 2. The molecule has 2 unspecified atom stereocenters. The monoisotopic (exact) mass is 308 g/mol. The van der Waals surface area contributed by atoms with E-state index in [2.05, 4.69) is 16.3 Å². The van der Waals surface area contributed by atoms with Gasteiger partial charge in [0.1, 0.15) is 0 Å². The number of likely N-dealkylation sites (tertiary alicyclic amines) is 1. The van der Waals surface area contributed by atoms with Crippen LogP contribution in [0.4, 0.5) is 0 Å². The third kappa shape index (κ3) is 3.15. The number of hydrogen-bond acceptors (Lipinski definition) is 4. The molecule has 1 aromatic heterocycles. The normalized spacial score (nSPS) is 24.7. The number of rotatable bonds is 3. The van der Waals surface area contributed by atoms with E-state index in [0.29, 0.717) is 5.92 Å². The van der Waals surface area contributed by atoms with Crippen LogP contribution in [0.1, 0.15) is 30.2 Å². The second-order valence-corrected chi connectivity index (χ2v) is 7.24. The lowest BCUT2D eigenvalue weighted by Gasteiger charge is -2.38. The molecule has 1 fully saturated rings. The quantitative estimate of drug-likeness (QED) is 0.925. The van der Waals surface area contributed by atoms with Crippen LogP contribution in [-0.2, 0) is 17.8 Å². The van der Waals surface area contributed by atoms with Crippen molar-refractivity contribution in [3.05, 3.63) is 21.9 Å². The Morgan fingerprint density at radius 1 is 1.52 bits per heavy atom. The summed E-state index contributed by atoms with van der Waals surface area (Å²) in [5.41, 5.74) is 1.32. The molecule has 0 aliphatic carbocycles. The molecule has 2 aliphatic rings. The summed E-state index contributed by atoms with van der Waals surface area (Å²) < 4.78 is 0. The Kier molecular flexibility index (Phi) is 4.62. The van der Waals surface area contributed by atoms with E-state index in [1.807, 2.05) is 11.8 Å². The summed E-state index contributed by atoms with van der Waals surface area (Å²) in [7, 11) is 0. The highest BCUT2D eigenvalue weighted by Gasteiger charge is 2.31. The van der Waals surface area contributed by atoms with Gasteiger partial charge in [0.2, 0.25) is 5.91 Å². The largest absolute Gasteiger partial charge is 0.396 e. The van der Waals surface area contributed by atoms with Crippen molar-refractivity contribution in [2.45, 2.75) is 38.8 Å². The zero-order chi connectivity index (χ0) is 14.8. The summed E-state index contributed by atoms with van der Waals surface area (Å²) in [5, 5.41) is 11.5. The van der Waals surface area contributed by atoms with E-state index in [9.17, 15) is 9.90 Å². The predicted molar refractivity (Wildman–Crippen MR) is 84.3 cm³/mol. The molecule has 0 radical (unpaired) electrons. The Morgan fingerprint density at radius 3 is 3.19 bits per heavy atom. The molecule has 0 aromatic carbocycles. The third-order valence-electron chi connectivity index (χ3n) is 4.83. The Hall–Kier alpha value is -0.910. The molecule has 2 aliphatic heterocycles. The molecule has 0 bridgehead atoms. The highest BCUT2D eigenvalue weighted by molar-refractivity contribution is 7.10. The molecule has 0 saturated carbocycles. The summed E-state index contributed by atoms with van der Waals surface area (Å²) in [5.74, 6) is 0.573. The summed E-state index contributed by atoms with van der Waals surface area (Å²) in [4.78, 5) is 18.4. The second kappa shape index (κ2) is 6.46. The van der Waals surface area contributed by atoms with Gasteiger partial charge >= 0.3 is 0 Å². The van der Waals surface area contributed by atoms with Crippen molar-refractivity contribution in [1.82, 2.24) is 9.80 Å². The fourth-order valence-electron chi connectivity index (χ4n) is 3.46. The van der Waals surface area contributed by atoms with Crippen LogP contribution in [0.5, 0.6) is 0 Å². The van der Waals surface area contributed by atoms with Crippen LogP contribution < -0.4 is 0 Å². The topological polar surface area (TPSA) is 43.8 Å². The first-order valence-corrected chi connectivity index (χ1v) is 8.76. The van der Waals surface area contributed by atoms with E-state index in [-0.39, 0.29) is 18.6 Å². The zero-order valence-corrected chi connectivity index (χ0v) is 13.4. The van der Waals surface area contributed by atoms with Gasteiger partial charge < -0.3 is 10.0 Å². The van der Waals surface area contributed by atoms with E-state index in [1.54, 1.807) is 11.3 Å². The van der Waals surface area contributed by atoms with Crippen LogP contribution in [0.25, 0.3) is 0 Å². The molecule has 1 amide bonds. The molecule has 1 aromatic rings. The van der Waals surface area contributed by atoms with Crippen LogP contribution in [-0.4, -0.2) is 53.1 Å². The lowest BCUT2D eigenvalue weighted by atomic mass is 9.97. The summed E-state index contributed by atoms with van der Waals surface area (Å²) >= 11 is 1.80. The number of aliphatic hydroxyl groups excluding tert-OH is 1. The van der Waals surface area contributed by atoms with Crippen LogP contribution in [0.15, 0.2) is 11.4 Å². The predicted octanol–water partition coefficient (Wildman–Crippen LogP) is 1.73. The first kappa shape index (κ1) is 15.0. The molecular weight excluding hydrogens is 284 g/mol. The van der Waals surface area contributed by atoms with Gasteiger partial charge in [-0.25, -0.2) is 0 Å². The van der Waals surface area contributed by atoms with E-state index in [1.165, 1.54) is 10.4 Å². The fourth-order valence-corrected chi connectivity index (χ4v) is 4.34. The number of hydrogen-bond donors (Lipinski definition) is 1. The van der Waals surface area contributed by atoms with Crippen LogP contribution in [0.2, 0.25) is 0 Å². The maximum atomic E-state index is 12.7. The standard InChI is InChI=1S/C16H24N2O2S/c1-12(17-6-2-3-13(9-17)11-19)16(20)18-7-4-15-14(10-18)5-8-21-15/h5,8,12-13,19H,2-4,6-7,9-11H2,1H3. The molecule has 116 valence electrons. The van der Waals surface area contributed by atoms with Crippen molar-refractivity contribution in [3.63, 3.8) is 0 Å². The first-order chi connectivity index (χ1) is 10.2. The number of carbonyl (C=O) groups excluding carboxylic acids is 1. The summed E-state index contributed by atoms with van der Waals surface area (Å²) in [6, 6.07) is 2.08. The number of amides is 1. The lowest BCUT2D eigenvalue weighted by molar-refractivity contribution is -0.138. The van der Waals surface area contributed by atoms with Gasteiger partial charge in [-0.2, -0.15) is 0 Å². The number of piperidine rings is 1. The van der Waals surface area contributed by atoms with Gasteiger partial charge in [0.05, 0.1) is 6.04 Å². The minimum absolute atomic E-state index is 0.0699. The maximum absolute atomic E-state index is 12.7. The molecule has 5 heteroatoms. The fraction of sp³-hybridized carbons (Fsp3) is 0.688. The van der Waals surface area contributed by atoms with E-state index >= 15 is 0 Å². The van der Waals surface area contributed by atoms with Crippen LogP contribution in [0, 0.1) is 5.92 Å². The Morgan fingerprint density at radius 2 is 2.38 bits per heavy atom. The van der Waals surface area contributed by atoms with Crippen molar-refractivity contribution < 1.29 is 9.90 Å². The SMILES string of the molecule is CC(C(=O)N1CCc2sccc2C1)N1CCCC(CO)C1. The Labute approximate surface area is 130 Å². The van der Waals surface area contributed by atoms with Gasteiger partial charge in [0.15, 0.2) is 0 Å². The Bertz CT molecular complexity index is 502. The Balaban J connectivity index is 1.62. The van der Waals surface area contributed by atoms with E-state index < -0.39 is 0 Å². The van der Waals surface area contributed by atoms with Crippen molar-refractivity contribution >= 4 is 17.2 Å². The molecular formula is C16H24N2O2S. The molecule has 1 N–H and O–H groups in total. The van der Waals surface area contributed by atoms with Gasteiger partial charge in [-0.15, -0.1) is 11.3 Å². The van der Waals surface area contributed by atoms with Crippen molar-refractivity contribution in [2.75, 3.05) is 26.2 Å². The minimum Gasteiger partial charge on any atom is -0.396 e. The number of aliphatic hydroxyl groups is 1. The van der Waals surface area contributed by atoms with Gasteiger partial charge in [0.25, 0.3) is 0 Å². The minimum atomic E-state index is -0.0699. The highest BCUT2D eigenvalue weighted by Crippen LogP contribution is 2.25. The summed E-state index contributed by atoms with van der Waals surface area (Å²) in [6.07, 6.45) is 3.15.